The van der Waals surface area contributed by atoms with Crippen molar-refractivity contribution in [3.05, 3.63) is 0 Å². The van der Waals surface area contributed by atoms with E-state index in [9.17, 15) is 0 Å². The Hall–Kier alpha value is -0.0800. The van der Waals surface area contributed by atoms with Gasteiger partial charge in [0.15, 0.2) is 0 Å². The second-order valence-electron chi connectivity index (χ2n) is 2.50. The van der Waals surface area contributed by atoms with Gasteiger partial charge in [-0.1, -0.05) is 12.8 Å². The average Bonchev–Trinajstić information content (AvgIpc) is 2.04. The lowest BCUT2D eigenvalue weighted by Gasteiger charge is -2.24. The number of nitrogens with two attached hydrogens (primary N) is 2. The minimum Gasteiger partial charge on any atom is -0.326 e. The molecule has 48 valence electrons. The van der Waals surface area contributed by atoms with Gasteiger partial charge in [0.05, 0.1) is 0 Å². The smallest absolute Gasteiger partial charge is 0.119 e. The highest BCUT2D eigenvalue weighted by molar-refractivity contribution is 4.79. The maximum Gasteiger partial charge on any atom is 0.119 e. The summed E-state index contributed by atoms with van der Waals surface area (Å²) in [5.74, 6) is 0. The van der Waals surface area contributed by atoms with E-state index in [1.807, 2.05) is 0 Å². The van der Waals surface area contributed by atoms with Crippen LogP contribution in [0.2, 0.25) is 2.82 Å². The first kappa shape index (κ1) is 3.85. The summed E-state index contributed by atoms with van der Waals surface area (Å²) in [6.45, 7) is 0. The van der Waals surface area contributed by atoms with Gasteiger partial charge in [-0.15, -0.1) is 0 Å². The lowest BCUT2D eigenvalue weighted by molar-refractivity contribution is 0.385. The summed E-state index contributed by atoms with van der Waals surface area (Å²) in [6.07, 6.45) is 4.43. The van der Waals surface area contributed by atoms with Gasteiger partial charge in [-0.05, 0) is 12.8 Å². The molecule has 0 aromatic rings. The Morgan fingerprint density at radius 1 is 1.12 bits per heavy atom. The van der Waals surface area contributed by atoms with Gasteiger partial charge in [0.25, 0.3) is 0 Å². The van der Waals surface area contributed by atoms with Crippen molar-refractivity contribution in [2.24, 2.45) is 11.5 Å². The third-order valence-corrected chi connectivity index (χ3v) is 1.77. The maximum atomic E-state index is 6.96. The van der Waals surface area contributed by atoms with E-state index in [0.29, 0.717) is 0 Å². The minimum absolute atomic E-state index is 0.186. The normalized spacial score (nSPS) is 43.0. The van der Waals surface area contributed by atoms with Crippen molar-refractivity contribution < 1.29 is 2.82 Å². The molecule has 1 rings (SSSR count). The zero-order valence-corrected chi connectivity index (χ0v) is 4.98. The van der Waals surface area contributed by atoms with E-state index in [0.717, 1.165) is 12.8 Å². The fourth-order valence-electron chi connectivity index (χ4n) is 1.13. The van der Waals surface area contributed by atoms with Gasteiger partial charge in [-0.25, -0.2) is 0 Å². The van der Waals surface area contributed by atoms with Crippen molar-refractivity contribution in [2.75, 3.05) is 0 Å². The molecule has 0 radical (unpaired) electrons. The van der Waals surface area contributed by atoms with Crippen LogP contribution in [0, 0.1) is 0 Å². The maximum absolute atomic E-state index is 6.96. The largest absolute Gasteiger partial charge is 0.326 e. The van der Waals surface area contributed by atoms with E-state index < -0.39 is 0 Å². The molecule has 0 unspecified atom stereocenters. The van der Waals surface area contributed by atoms with Crippen LogP contribution < -0.4 is 11.5 Å². The lowest BCUT2D eigenvalue weighted by Crippen LogP contribution is -2.43. The zero-order chi connectivity index (χ0) is 7.40. The quantitative estimate of drug-likeness (QED) is 0.542. The van der Waals surface area contributed by atoms with Crippen LogP contribution in [-0.2, 0) is 0 Å². The van der Waals surface area contributed by atoms with Crippen molar-refractivity contribution in [3.8, 4) is 0 Å². The summed E-state index contributed by atoms with van der Waals surface area (Å²) < 4.78 is 13.9. The Labute approximate surface area is 53.2 Å². The number of rotatable bonds is 2. The summed E-state index contributed by atoms with van der Waals surface area (Å²) in [5, 5.41) is 0. The van der Waals surface area contributed by atoms with Crippen LogP contribution in [0.5, 0.6) is 0 Å². The van der Waals surface area contributed by atoms with Crippen LogP contribution in [-0.4, -0.2) is 12.1 Å². The Balaban J connectivity index is 2.34. The molecule has 0 spiro atoms. The van der Waals surface area contributed by atoms with Crippen LogP contribution in [0.1, 0.15) is 25.7 Å². The summed E-state index contributed by atoms with van der Waals surface area (Å²) >= 11 is 0. The van der Waals surface area contributed by atoms with Gasteiger partial charge in [0, 0.05) is 12.1 Å². The Kier molecular flexibility index (Phi) is 1.19. The monoisotopic (exact) mass is 116 g/mol. The fourth-order valence-corrected chi connectivity index (χ4v) is 1.13. The summed E-state index contributed by atoms with van der Waals surface area (Å²) in [6, 6.07) is 0.373. The molecule has 1 aliphatic carbocycles. The molecule has 0 aliphatic heterocycles. The molecule has 8 heavy (non-hydrogen) atoms. The van der Waals surface area contributed by atoms with E-state index in [-0.39, 0.29) is 12.1 Å². The molecule has 0 amide bonds. The molecule has 0 aromatic heterocycles. The topological polar surface area (TPSA) is 52.0 Å². The molecule has 2 nitrogen and oxygen atoms in total. The molecule has 1 fully saturated rings. The fraction of sp³-hybridized carbons (Fsp3) is 1.00. The first-order chi connectivity index (χ1) is 4.88. The standard InChI is InChI=1S/C6H14N2/c7-5-3-1-2-4-6(5)8/h5-6H,1-4,7-8H2/t5-,6-/m1/s1/i/hD2. The summed E-state index contributed by atoms with van der Waals surface area (Å²) in [5.41, 5.74) is 4.94. The molecule has 0 bridgehead atoms. The van der Waals surface area contributed by atoms with Crippen molar-refractivity contribution in [3.63, 3.8) is 0 Å². The van der Waals surface area contributed by atoms with E-state index in [4.69, 9.17) is 2.82 Å². The zero-order valence-electron chi connectivity index (χ0n) is 6.98. The highest BCUT2D eigenvalue weighted by atomic mass is 14.8. The van der Waals surface area contributed by atoms with Crippen LogP contribution >= 0.6 is 0 Å². The van der Waals surface area contributed by atoms with Crippen LogP contribution in [0.25, 0.3) is 0 Å². The molecule has 1 aliphatic rings. The molecule has 1 saturated carbocycles. The highest BCUT2D eigenvalue weighted by Gasteiger charge is 2.16. The Morgan fingerprint density at radius 3 is 2.00 bits per heavy atom. The van der Waals surface area contributed by atoms with Crippen molar-refractivity contribution in [1.82, 2.24) is 0 Å². The van der Waals surface area contributed by atoms with Crippen molar-refractivity contribution in [1.29, 1.82) is 0 Å². The van der Waals surface area contributed by atoms with Crippen LogP contribution in [0.4, 0.5) is 0 Å². The lowest BCUT2D eigenvalue weighted by atomic mass is 9.92. The predicted octanol–water partition coefficient (Wildman–Crippen LogP) is 0.215. The molecule has 2 atom stereocenters. The van der Waals surface area contributed by atoms with Crippen LogP contribution in [0.3, 0.4) is 0 Å². The van der Waals surface area contributed by atoms with E-state index in [2.05, 4.69) is 11.5 Å². The van der Waals surface area contributed by atoms with Crippen molar-refractivity contribution >= 4 is 0 Å². The third-order valence-electron chi connectivity index (χ3n) is 1.77. The number of hydrogen-bond donors (Lipinski definition) is 2. The highest BCUT2D eigenvalue weighted by Crippen LogP contribution is 2.14. The summed E-state index contributed by atoms with van der Waals surface area (Å²) in [7, 11) is 0. The second-order valence-corrected chi connectivity index (χ2v) is 2.50. The Bertz CT molecular complexity index is 87.7. The molecular weight excluding hydrogens is 100 g/mol. The van der Waals surface area contributed by atoms with Gasteiger partial charge < -0.3 is 11.5 Å². The van der Waals surface area contributed by atoms with Crippen LogP contribution in [0.15, 0.2) is 0 Å². The molecule has 0 saturated heterocycles. The van der Waals surface area contributed by atoms with Gasteiger partial charge >= 0.3 is 0 Å². The molecular formula is C6H14N2. The second kappa shape index (κ2) is 2.46. The van der Waals surface area contributed by atoms with Gasteiger partial charge in [0.1, 0.15) is 2.82 Å². The third kappa shape index (κ3) is 1.20. The van der Waals surface area contributed by atoms with Crippen molar-refractivity contribution in [2.45, 2.75) is 37.8 Å². The van der Waals surface area contributed by atoms with E-state index >= 15 is 0 Å². The summed E-state index contributed by atoms with van der Waals surface area (Å²) in [4.78, 5) is 0. The van der Waals surface area contributed by atoms with E-state index in [1.165, 1.54) is 12.8 Å². The number of hydrogen-bond acceptors (Lipinski definition) is 2. The first-order valence-corrected chi connectivity index (χ1v) is 3.23. The molecule has 4 N–H and O–H groups in total. The first-order valence-electron chi connectivity index (χ1n) is 4.23. The Morgan fingerprint density at radius 2 is 1.62 bits per heavy atom. The van der Waals surface area contributed by atoms with Gasteiger partial charge in [0.2, 0.25) is 0 Å². The van der Waals surface area contributed by atoms with E-state index in [1.54, 1.807) is 0 Å². The minimum atomic E-state index is 0.186. The molecule has 0 heterocycles. The predicted molar refractivity (Wildman–Crippen MR) is 34.4 cm³/mol. The van der Waals surface area contributed by atoms with Gasteiger partial charge in [-0.3, -0.25) is 0 Å². The molecule has 2 heteroatoms. The SMILES string of the molecule is [2H]N[C@@H]1CCCC[C@H]1N[2H]. The molecule has 0 aromatic carbocycles. The average molecular weight is 116 g/mol. The van der Waals surface area contributed by atoms with Gasteiger partial charge in [-0.2, -0.15) is 0 Å².